The summed E-state index contributed by atoms with van der Waals surface area (Å²) in [4.78, 5) is 20.3. The Balaban J connectivity index is 1.59. The van der Waals surface area contributed by atoms with Crippen LogP contribution in [-0.2, 0) is 10.0 Å². The molecule has 0 bridgehead atoms. The van der Waals surface area contributed by atoms with Crippen LogP contribution < -0.4 is 0 Å². The number of amides is 1. The van der Waals surface area contributed by atoms with Crippen LogP contribution in [-0.4, -0.2) is 54.7 Å². The summed E-state index contributed by atoms with van der Waals surface area (Å²) in [6.45, 7) is 7.61. The number of hydrogen-bond acceptors (Lipinski definition) is 4. The van der Waals surface area contributed by atoms with E-state index in [1.807, 2.05) is 37.3 Å². The van der Waals surface area contributed by atoms with Crippen molar-refractivity contribution in [3.63, 3.8) is 0 Å². The molecule has 1 saturated heterocycles. The average molecular weight is 452 g/mol. The summed E-state index contributed by atoms with van der Waals surface area (Å²) in [5.41, 5.74) is 3.34. The minimum atomic E-state index is -3.58. The Kier molecular flexibility index (Phi) is 6.31. The van der Waals surface area contributed by atoms with E-state index in [2.05, 4.69) is 13.8 Å². The van der Waals surface area contributed by atoms with E-state index in [1.165, 1.54) is 4.31 Å². The lowest BCUT2D eigenvalue weighted by Gasteiger charge is -2.23. The fourth-order valence-corrected chi connectivity index (χ4v) is 5.51. The molecule has 1 aliphatic rings. The normalized spacial score (nSPS) is 15.8. The van der Waals surface area contributed by atoms with Gasteiger partial charge in [-0.15, -0.1) is 0 Å². The molecule has 3 aromatic rings. The van der Waals surface area contributed by atoms with Crippen molar-refractivity contribution < 1.29 is 13.2 Å². The third-order valence-corrected chi connectivity index (χ3v) is 7.87. The van der Waals surface area contributed by atoms with Crippen LogP contribution in [0.4, 0.5) is 0 Å². The number of aromatic nitrogens is 1. The summed E-state index contributed by atoms with van der Waals surface area (Å²) in [7, 11) is -3.58. The second-order valence-corrected chi connectivity index (χ2v) is 10.6. The standard InChI is InChI=1S/C25H29N3O3S/c1-18(2)24-17-22(21-7-4-5-8-23(21)26-24)25(29)27-13-6-14-28(16-15-27)32(30,31)20-11-9-19(3)10-12-20/h4-5,7-12,17-18H,6,13-16H2,1-3H3. The largest absolute Gasteiger partial charge is 0.337 e. The number of benzene rings is 2. The number of sulfonamides is 1. The van der Waals surface area contributed by atoms with Crippen molar-refractivity contribution in [2.75, 3.05) is 26.2 Å². The number of hydrogen-bond donors (Lipinski definition) is 0. The van der Waals surface area contributed by atoms with Crippen molar-refractivity contribution in [3.8, 4) is 0 Å². The van der Waals surface area contributed by atoms with E-state index in [0.29, 0.717) is 36.5 Å². The molecule has 0 radical (unpaired) electrons. The van der Waals surface area contributed by atoms with Gasteiger partial charge in [0.1, 0.15) is 0 Å². The van der Waals surface area contributed by atoms with Crippen LogP contribution >= 0.6 is 0 Å². The highest BCUT2D eigenvalue weighted by Crippen LogP contribution is 2.25. The Bertz CT molecular complexity index is 1240. The number of carbonyl (C=O) groups is 1. The predicted octanol–water partition coefficient (Wildman–Crippen LogP) is 4.20. The average Bonchev–Trinajstić information content (AvgIpc) is 3.05. The van der Waals surface area contributed by atoms with E-state index in [1.54, 1.807) is 29.2 Å². The van der Waals surface area contributed by atoms with Crippen LogP contribution in [0.15, 0.2) is 59.5 Å². The Morgan fingerprint density at radius 3 is 2.41 bits per heavy atom. The lowest BCUT2D eigenvalue weighted by Crippen LogP contribution is -2.37. The molecule has 1 aliphatic heterocycles. The van der Waals surface area contributed by atoms with E-state index in [-0.39, 0.29) is 18.4 Å². The van der Waals surface area contributed by atoms with E-state index >= 15 is 0 Å². The summed E-state index contributed by atoms with van der Waals surface area (Å²) < 4.78 is 27.7. The minimum absolute atomic E-state index is 0.0694. The molecule has 2 heterocycles. The lowest BCUT2D eigenvalue weighted by atomic mass is 10.0. The molecule has 0 aliphatic carbocycles. The van der Waals surface area contributed by atoms with E-state index in [0.717, 1.165) is 22.2 Å². The number of pyridine rings is 1. The van der Waals surface area contributed by atoms with Crippen molar-refractivity contribution in [2.45, 2.75) is 38.0 Å². The molecule has 1 fully saturated rings. The molecule has 2 aromatic carbocycles. The first-order valence-electron chi connectivity index (χ1n) is 11.0. The number of rotatable bonds is 4. The number of fused-ring (bicyclic) bond motifs is 1. The van der Waals surface area contributed by atoms with Gasteiger partial charge in [-0.2, -0.15) is 4.31 Å². The highest BCUT2D eigenvalue weighted by Gasteiger charge is 2.29. The zero-order valence-electron chi connectivity index (χ0n) is 18.8. The molecule has 0 N–H and O–H groups in total. The predicted molar refractivity (Wildman–Crippen MR) is 126 cm³/mol. The first-order valence-corrected chi connectivity index (χ1v) is 12.5. The summed E-state index contributed by atoms with van der Waals surface area (Å²) in [6.07, 6.45) is 0.594. The van der Waals surface area contributed by atoms with Gasteiger partial charge in [0.15, 0.2) is 0 Å². The van der Waals surface area contributed by atoms with Gasteiger partial charge in [-0.25, -0.2) is 8.42 Å². The third-order valence-electron chi connectivity index (χ3n) is 5.96. The maximum Gasteiger partial charge on any atom is 0.254 e. The van der Waals surface area contributed by atoms with Gasteiger partial charge in [0.2, 0.25) is 10.0 Å². The van der Waals surface area contributed by atoms with E-state index in [4.69, 9.17) is 4.98 Å². The second-order valence-electron chi connectivity index (χ2n) is 8.63. The second kappa shape index (κ2) is 9.00. The molecule has 4 rings (SSSR count). The molecule has 0 spiro atoms. The van der Waals surface area contributed by atoms with Crippen molar-refractivity contribution in [1.29, 1.82) is 0 Å². The van der Waals surface area contributed by atoms with Crippen LogP contribution in [0.2, 0.25) is 0 Å². The summed E-state index contributed by atoms with van der Waals surface area (Å²) in [5, 5.41) is 0.829. The first-order chi connectivity index (χ1) is 15.3. The van der Waals surface area contributed by atoms with Gasteiger partial charge in [-0.05, 0) is 43.5 Å². The number of aryl methyl sites for hydroxylation is 1. The summed E-state index contributed by atoms with van der Waals surface area (Å²) >= 11 is 0. The molecule has 1 aromatic heterocycles. The quantitative estimate of drug-likeness (QED) is 0.596. The van der Waals surface area contributed by atoms with Crippen LogP contribution in [0.3, 0.4) is 0 Å². The molecule has 0 saturated carbocycles. The maximum absolute atomic E-state index is 13.5. The summed E-state index contributed by atoms with van der Waals surface area (Å²) in [6, 6.07) is 16.5. The molecule has 6 nitrogen and oxygen atoms in total. The number of para-hydroxylation sites is 1. The van der Waals surface area contributed by atoms with Gasteiger partial charge in [0, 0.05) is 37.3 Å². The zero-order chi connectivity index (χ0) is 22.9. The monoisotopic (exact) mass is 451 g/mol. The van der Waals surface area contributed by atoms with Gasteiger partial charge in [0.05, 0.1) is 16.0 Å². The fourth-order valence-electron chi connectivity index (χ4n) is 4.04. The minimum Gasteiger partial charge on any atom is -0.337 e. The molecular formula is C25H29N3O3S. The smallest absolute Gasteiger partial charge is 0.254 e. The molecule has 7 heteroatoms. The molecule has 1 amide bonds. The maximum atomic E-state index is 13.5. The van der Waals surface area contributed by atoms with Crippen LogP contribution in [0, 0.1) is 6.92 Å². The van der Waals surface area contributed by atoms with E-state index < -0.39 is 10.0 Å². The van der Waals surface area contributed by atoms with Crippen molar-refractivity contribution in [1.82, 2.24) is 14.2 Å². The van der Waals surface area contributed by atoms with Gasteiger partial charge in [-0.1, -0.05) is 49.7 Å². The Morgan fingerprint density at radius 1 is 0.969 bits per heavy atom. The Morgan fingerprint density at radius 2 is 1.69 bits per heavy atom. The van der Waals surface area contributed by atoms with Gasteiger partial charge < -0.3 is 4.90 Å². The Hall–Kier alpha value is -2.77. The van der Waals surface area contributed by atoms with Crippen LogP contribution in [0.25, 0.3) is 10.9 Å². The fraction of sp³-hybridized carbons (Fsp3) is 0.360. The summed E-state index contributed by atoms with van der Waals surface area (Å²) in [5.74, 6) is 0.130. The third kappa shape index (κ3) is 4.40. The number of nitrogens with zero attached hydrogens (tertiary/aromatic N) is 3. The highest BCUT2D eigenvalue weighted by molar-refractivity contribution is 7.89. The van der Waals surface area contributed by atoms with Gasteiger partial charge in [0.25, 0.3) is 5.91 Å². The van der Waals surface area contributed by atoms with Gasteiger partial charge in [-0.3, -0.25) is 9.78 Å². The Labute approximate surface area is 189 Å². The zero-order valence-corrected chi connectivity index (χ0v) is 19.6. The van der Waals surface area contributed by atoms with Crippen molar-refractivity contribution in [2.24, 2.45) is 0 Å². The van der Waals surface area contributed by atoms with Crippen molar-refractivity contribution in [3.05, 3.63) is 71.4 Å². The molecule has 32 heavy (non-hydrogen) atoms. The SMILES string of the molecule is Cc1ccc(S(=O)(=O)N2CCCN(C(=O)c3cc(C(C)C)nc4ccccc34)CC2)cc1. The molecule has 168 valence electrons. The van der Waals surface area contributed by atoms with Crippen LogP contribution in [0.1, 0.15) is 47.8 Å². The highest BCUT2D eigenvalue weighted by atomic mass is 32.2. The topological polar surface area (TPSA) is 70.6 Å². The lowest BCUT2D eigenvalue weighted by molar-refractivity contribution is 0.0766. The molecule has 0 unspecified atom stereocenters. The molecule has 0 atom stereocenters. The van der Waals surface area contributed by atoms with E-state index in [9.17, 15) is 13.2 Å². The van der Waals surface area contributed by atoms with Crippen molar-refractivity contribution >= 4 is 26.8 Å². The first kappa shape index (κ1) is 22.4. The van der Waals surface area contributed by atoms with Crippen LogP contribution in [0.5, 0.6) is 0 Å². The van der Waals surface area contributed by atoms with Gasteiger partial charge >= 0.3 is 0 Å². The molecular weight excluding hydrogens is 422 g/mol. The number of carbonyl (C=O) groups excluding carboxylic acids is 1.